The second kappa shape index (κ2) is 6.61. The lowest BCUT2D eigenvalue weighted by Gasteiger charge is -1.99. The number of thioether (sulfide) groups is 1. The van der Waals surface area contributed by atoms with Gasteiger partial charge in [0.15, 0.2) is 0 Å². The third kappa shape index (κ3) is 3.89. The highest BCUT2D eigenvalue weighted by Gasteiger charge is 2.06. The van der Waals surface area contributed by atoms with Gasteiger partial charge in [0.05, 0.1) is 12.3 Å². The molecule has 1 N–H and O–H groups in total. The first kappa shape index (κ1) is 13.2. The third-order valence-corrected chi connectivity index (χ3v) is 3.13. The molecule has 2 aromatic heterocycles. The van der Waals surface area contributed by atoms with Crippen LogP contribution in [0.4, 0.5) is 0 Å². The minimum atomic E-state index is 0.578. The highest BCUT2D eigenvalue weighted by molar-refractivity contribution is 7.98. The fourth-order valence-corrected chi connectivity index (χ4v) is 2.15. The molecule has 2 rings (SSSR count). The van der Waals surface area contributed by atoms with E-state index in [-0.39, 0.29) is 0 Å². The van der Waals surface area contributed by atoms with E-state index in [1.165, 1.54) is 11.8 Å². The van der Waals surface area contributed by atoms with Gasteiger partial charge in [-0.3, -0.25) is 0 Å². The first-order valence-corrected chi connectivity index (χ1v) is 6.97. The van der Waals surface area contributed by atoms with Gasteiger partial charge in [-0.1, -0.05) is 18.7 Å². The number of nitrogens with one attached hydrogen (secondary N) is 1. The smallest absolute Gasteiger partial charge is 0.277 e. The lowest BCUT2D eigenvalue weighted by Crippen LogP contribution is -2.12. The van der Waals surface area contributed by atoms with Gasteiger partial charge in [-0.05, 0) is 25.1 Å². The molecule has 2 aromatic rings. The molecule has 0 aromatic carbocycles. The summed E-state index contributed by atoms with van der Waals surface area (Å²) in [5, 5.41) is 11.6. The van der Waals surface area contributed by atoms with Gasteiger partial charge in [0.1, 0.15) is 11.5 Å². The minimum Gasteiger partial charge on any atom is -0.464 e. The second-order valence-corrected chi connectivity index (χ2v) is 4.85. The number of hydrogen-bond acceptors (Lipinski definition) is 6. The van der Waals surface area contributed by atoms with E-state index in [1.54, 1.807) is 6.92 Å². The zero-order valence-electron chi connectivity index (χ0n) is 10.6. The molecule has 98 valence electrons. The molecule has 0 spiro atoms. The predicted octanol–water partition coefficient (Wildman–Crippen LogP) is 2.76. The van der Waals surface area contributed by atoms with E-state index < -0.39 is 0 Å². The number of rotatable bonds is 7. The molecule has 0 fully saturated rings. The molecule has 5 nitrogen and oxygen atoms in total. The van der Waals surface area contributed by atoms with Crippen molar-refractivity contribution in [2.24, 2.45) is 0 Å². The van der Waals surface area contributed by atoms with Gasteiger partial charge in [0, 0.05) is 6.92 Å². The van der Waals surface area contributed by atoms with Gasteiger partial charge in [-0.15, -0.1) is 10.2 Å². The summed E-state index contributed by atoms with van der Waals surface area (Å²) in [5.74, 6) is 3.17. The number of nitrogens with zero attached hydrogens (tertiary/aromatic N) is 2. The SMILES string of the molecule is CCCNCc1ccc(CSc2nnc(C)o2)o1. The van der Waals surface area contributed by atoms with Crippen LogP contribution in [0.2, 0.25) is 0 Å². The average molecular weight is 267 g/mol. The Labute approximate surface area is 110 Å². The molecule has 6 heteroatoms. The van der Waals surface area contributed by atoms with Crippen molar-refractivity contribution in [1.82, 2.24) is 15.5 Å². The molecule has 0 atom stereocenters. The lowest BCUT2D eigenvalue weighted by molar-refractivity contribution is 0.427. The monoisotopic (exact) mass is 267 g/mol. The Balaban J connectivity index is 1.79. The van der Waals surface area contributed by atoms with Gasteiger partial charge < -0.3 is 14.2 Å². The molecule has 0 aliphatic carbocycles. The fourth-order valence-electron chi connectivity index (χ4n) is 1.45. The molecule has 0 amide bonds. The zero-order chi connectivity index (χ0) is 12.8. The molecule has 0 saturated heterocycles. The Hall–Kier alpha value is -1.27. The Morgan fingerprint density at radius 2 is 2.06 bits per heavy atom. The zero-order valence-corrected chi connectivity index (χ0v) is 11.4. The van der Waals surface area contributed by atoms with Gasteiger partial charge >= 0.3 is 0 Å². The second-order valence-electron chi connectivity index (χ2n) is 3.92. The van der Waals surface area contributed by atoms with Crippen LogP contribution in [0.3, 0.4) is 0 Å². The van der Waals surface area contributed by atoms with Gasteiger partial charge in [0.25, 0.3) is 5.22 Å². The summed E-state index contributed by atoms with van der Waals surface area (Å²) in [5.41, 5.74) is 0. The maximum atomic E-state index is 5.69. The highest BCUT2D eigenvalue weighted by atomic mass is 32.2. The molecule has 0 radical (unpaired) electrons. The third-order valence-electron chi connectivity index (χ3n) is 2.29. The van der Waals surface area contributed by atoms with Crippen molar-refractivity contribution in [3.63, 3.8) is 0 Å². The number of furan rings is 1. The molecule has 0 aliphatic rings. The van der Waals surface area contributed by atoms with Crippen molar-refractivity contribution in [2.75, 3.05) is 6.54 Å². The number of aromatic nitrogens is 2. The first-order chi connectivity index (χ1) is 8.78. The van der Waals surface area contributed by atoms with Crippen molar-refractivity contribution < 1.29 is 8.83 Å². The Morgan fingerprint density at radius 3 is 2.78 bits per heavy atom. The van der Waals surface area contributed by atoms with Crippen molar-refractivity contribution in [1.29, 1.82) is 0 Å². The summed E-state index contributed by atoms with van der Waals surface area (Å²) >= 11 is 1.48. The molecule has 0 bridgehead atoms. The summed E-state index contributed by atoms with van der Waals surface area (Å²) in [6.07, 6.45) is 1.12. The van der Waals surface area contributed by atoms with Crippen molar-refractivity contribution >= 4 is 11.8 Å². The Bertz CT molecular complexity index is 481. The van der Waals surface area contributed by atoms with Crippen LogP contribution in [-0.2, 0) is 12.3 Å². The van der Waals surface area contributed by atoms with Crippen molar-refractivity contribution in [3.05, 3.63) is 29.5 Å². The van der Waals surface area contributed by atoms with E-state index in [4.69, 9.17) is 8.83 Å². The minimum absolute atomic E-state index is 0.578. The van der Waals surface area contributed by atoms with E-state index in [1.807, 2.05) is 12.1 Å². The summed E-state index contributed by atoms with van der Waals surface area (Å²) in [6, 6.07) is 3.98. The van der Waals surface area contributed by atoms with Gasteiger partial charge in [-0.2, -0.15) is 0 Å². The molecular weight excluding hydrogens is 250 g/mol. The summed E-state index contributed by atoms with van der Waals surface area (Å²) < 4.78 is 11.0. The van der Waals surface area contributed by atoms with E-state index in [0.717, 1.165) is 31.0 Å². The van der Waals surface area contributed by atoms with Crippen LogP contribution in [0.15, 0.2) is 26.2 Å². The van der Waals surface area contributed by atoms with Gasteiger partial charge in [0.2, 0.25) is 5.89 Å². The van der Waals surface area contributed by atoms with Crippen molar-refractivity contribution in [3.8, 4) is 0 Å². The topological polar surface area (TPSA) is 64.1 Å². The van der Waals surface area contributed by atoms with Crippen LogP contribution >= 0.6 is 11.8 Å². The van der Waals surface area contributed by atoms with E-state index in [9.17, 15) is 0 Å². The summed E-state index contributed by atoms with van der Waals surface area (Å²) in [4.78, 5) is 0. The number of aryl methyl sites for hydroxylation is 1. The normalized spacial score (nSPS) is 11.0. The van der Waals surface area contributed by atoms with Crippen LogP contribution in [0.1, 0.15) is 30.8 Å². The largest absolute Gasteiger partial charge is 0.464 e. The lowest BCUT2D eigenvalue weighted by atomic mass is 10.4. The van der Waals surface area contributed by atoms with Crippen LogP contribution in [0.25, 0.3) is 0 Å². The highest BCUT2D eigenvalue weighted by Crippen LogP contribution is 2.22. The predicted molar refractivity (Wildman–Crippen MR) is 69.3 cm³/mol. The van der Waals surface area contributed by atoms with Crippen LogP contribution < -0.4 is 5.32 Å². The fraction of sp³-hybridized carbons (Fsp3) is 0.500. The first-order valence-electron chi connectivity index (χ1n) is 5.99. The van der Waals surface area contributed by atoms with E-state index in [0.29, 0.717) is 16.9 Å². The van der Waals surface area contributed by atoms with Crippen LogP contribution in [0.5, 0.6) is 0 Å². The standard InChI is InChI=1S/C12H17N3O2S/c1-3-6-13-7-10-4-5-11(17-10)8-18-12-15-14-9(2)16-12/h4-5,13H,3,6-8H2,1-2H3. The molecule has 0 unspecified atom stereocenters. The van der Waals surface area contributed by atoms with Crippen LogP contribution in [0, 0.1) is 6.92 Å². The maximum absolute atomic E-state index is 5.69. The molecule has 2 heterocycles. The Morgan fingerprint density at radius 1 is 1.22 bits per heavy atom. The number of hydrogen-bond donors (Lipinski definition) is 1. The van der Waals surface area contributed by atoms with Gasteiger partial charge in [-0.25, -0.2) is 0 Å². The molecule has 18 heavy (non-hydrogen) atoms. The van der Waals surface area contributed by atoms with Crippen LogP contribution in [-0.4, -0.2) is 16.7 Å². The van der Waals surface area contributed by atoms with E-state index in [2.05, 4.69) is 22.4 Å². The average Bonchev–Trinajstić information content (AvgIpc) is 2.96. The molecule has 0 saturated carbocycles. The molecule has 0 aliphatic heterocycles. The quantitative estimate of drug-likeness (QED) is 0.614. The molecular formula is C12H17N3O2S. The van der Waals surface area contributed by atoms with Crippen molar-refractivity contribution in [2.45, 2.75) is 37.8 Å². The summed E-state index contributed by atoms with van der Waals surface area (Å²) in [7, 11) is 0. The Kier molecular flexibility index (Phi) is 4.83. The summed E-state index contributed by atoms with van der Waals surface area (Å²) in [6.45, 7) is 5.70. The maximum Gasteiger partial charge on any atom is 0.277 e. The van der Waals surface area contributed by atoms with E-state index >= 15 is 0 Å².